The predicted octanol–water partition coefficient (Wildman–Crippen LogP) is 11.4. The monoisotopic (exact) mass is 920 g/mol. The van der Waals surface area contributed by atoms with Crippen molar-refractivity contribution < 1.29 is 0 Å². The van der Waals surface area contributed by atoms with E-state index in [1.807, 2.05) is 0 Å². The van der Waals surface area contributed by atoms with Crippen molar-refractivity contribution in [2.45, 2.75) is 12.3 Å². The first kappa shape index (κ1) is 40.9. The Morgan fingerprint density at radius 2 is 0.729 bits per heavy atom. The minimum absolute atomic E-state index is 0.137. The lowest BCUT2D eigenvalue weighted by Crippen LogP contribution is -2.72. The molecule has 0 spiro atoms. The number of allylic oxidation sites excluding steroid dienone is 1. The van der Waals surface area contributed by atoms with Crippen LogP contribution in [0.15, 0.2) is 267 Å². The summed E-state index contributed by atoms with van der Waals surface area (Å²) in [6.45, 7) is 0. The molecular weight excluding hydrogens is 873 g/mol. The molecule has 0 saturated heterocycles. The highest BCUT2D eigenvalue weighted by atomic mass is 28.3. The summed E-state index contributed by atoms with van der Waals surface area (Å²) in [5.74, 6) is 0.137. The van der Waals surface area contributed by atoms with Gasteiger partial charge in [-0.15, -0.1) is 0 Å². The molecule has 14 rings (SSSR count). The Morgan fingerprint density at radius 3 is 1.30 bits per heavy atom. The fourth-order valence-corrected chi connectivity index (χ4v) is 23.8. The van der Waals surface area contributed by atoms with Crippen LogP contribution >= 0.6 is 0 Å². The van der Waals surface area contributed by atoms with Crippen molar-refractivity contribution in [1.82, 2.24) is 0 Å². The van der Waals surface area contributed by atoms with Crippen LogP contribution in [0, 0.1) is 0 Å². The first-order chi connectivity index (χ1) is 34.8. The largest absolute Gasteiger partial charge is 0.180 e. The summed E-state index contributed by atoms with van der Waals surface area (Å²) in [4.78, 5) is 0. The standard InChI is InChI=1S/C68H48Si2/c1-6-24-47(25-7-1)66-56-38-20-36-52(54-40-22-44-64-67(54)58-34-16-18-42-62(58)69(64,48-26-8-2-9-27-48)49-28-10-3-11-29-49)60(56)46-61-53(37-21-39-57(61)66)55-41-23-45-65-68(55)59-35-17-19-43-63(59)70(65,50-30-12-4-13-31-50)51-32-14-5-15-33-51/h1-36,38-46,53H,37H2. The molecule has 0 fully saturated rings. The molecule has 1 atom stereocenters. The average Bonchev–Trinajstić information content (AvgIpc) is 3.92. The van der Waals surface area contributed by atoms with E-state index in [9.17, 15) is 0 Å². The number of hydrogen-bond donors (Lipinski definition) is 0. The molecule has 328 valence electrons. The zero-order chi connectivity index (χ0) is 46.2. The van der Waals surface area contributed by atoms with Crippen LogP contribution in [0.25, 0.3) is 61.4 Å². The maximum absolute atomic E-state index is 2.71. The first-order valence-corrected chi connectivity index (χ1v) is 28.8. The van der Waals surface area contributed by atoms with Gasteiger partial charge in [0, 0.05) is 5.92 Å². The second-order valence-electron chi connectivity index (χ2n) is 19.3. The Kier molecular flexibility index (Phi) is 9.49. The number of fused-ring (bicyclic) bond motifs is 8. The quantitative estimate of drug-likeness (QED) is 0.140. The Balaban J connectivity index is 1.05. The van der Waals surface area contributed by atoms with Gasteiger partial charge < -0.3 is 0 Å². The van der Waals surface area contributed by atoms with Gasteiger partial charge in [0.25, 0.3) is 0 Å². The molecule has 11 aromatic rings. The van der Waals surface area contributed by atoms with Gasteiger partial charge in [-0.2, -0.15) is 0 Å². The molecule has 70 heavy (non-hydrogen) atoms. The molecular formula is C68H48Si2. The van der Waals surface area contributed by atoms with E-state index in [2.05, 4.69) is 273 Å². The molecule has 0 saturated carbocycles. The molecule has 0 nitrogen and oxygen atoms in total. The van der Waals surface area contributed by atoms with E-state index in [-0.39, 0.29) is 5.92 Å². The van der Waals surface area contributed by atoms with E-state index in [1.54, 1.807) is 0 Å². The molecule has 1 aliphatic carbocycles. The summed E-state index contributed by atoms with van der Waals surface area (Å²) >= 11 is 0. The maximum Gasteiger partial charge on any atom is 0.180 e. The molecule has 2 heterocycles. The van der Waals surface area contributed by atoms with Gasteiger partial charge in [0.15, 0.2) is 16.1 Å². The van der Waals surface area contributed by atoms with Crippen molar-refractivity contribution in [1.29, 1.82) is 0 Å². The molecule has 1 unspecified atom stereocenters. The Morgan fingerprint density at radius 1 is 0.300 bits per heavy atom. The topological polar surface area (TPSA) is 0 Å². The summed E-state index contributed by atoms with van der Waals surface area (Å²) in [5.41, 5.74) is 14.8. The molecule has 0 N–H and O–H groups in total. The zero-order valence-electron chi connectivity index (χ0n) is 38.8. The van der Waals surface area contributed by atoms with E-state index in [0.717, 1.165) is 6.42 Å². The summed E-state index contributed by atoms with van der Waals surface area (Å²) in [6.07, 6.45) is 5.81. The van der Waals surface area contributed by atoms with E-state index < -0.39 is 16.1 Å². The van der Waals surface area contributed by atoms with Crippen LogP contribution in [0.2, 0.25) is 0 Å². The second kappa shape index (κ2) is 16.2. The number of benzene rings is 11. The highest BCUT2D eigenvalue weighted by Gasteiger charge is 2.51. The third kappa shape index (κ3) is 5.75. The van der Waals surface area contributed by atoms with E-state index in [4.69, 9.17) is 0 Å². The SMILES string of the molecule is C1=Cc2c(cc3c(-c4cccc5c4-c4ccccc4[Si]5(c4ccccc4)c4ccccc4)cccc3c2-c2ccccc2)C(c2cccc3c2-c2ccccc2[Si]3(c2ccccc2)c2ccccc2)C1. The van der Waals surface area contributed by atoms with E-state index >= 15 is 0 Å². The van der Waals surface area contributed by atoms with Gasteiger partial charge in [-0.25, -0.2) is 0 Å². The molecule has 0 radical (unpaired) electrons. The normalized spacial score (nSPS) is 15.4. The predicted molar refractivity (Wildman–Crippen MR) is 302 cm³/mol. The van der Waals surface area contributed by atoms with Crippen LogP contribution in [-0.2, 0) is 0 Å². The Bertz CT molecular complexity index is 3760. The lowest BCUT2D eigenvalue weighted by molar-refractivity contribution is 0.824. The Labute approximate surface area is 412 Å². The van der Waals surface area contributed by atoms with Crippen molar-refractivity contribution in [3.8, 4) is 44.5 Å². The first-order valence-electron chi connectivity index (χ1n) is 24.8. The fourth-order valence-electron chi connectivity index (χ4n) is 13.4. The minimum atomic E-state index is -2.71. The third-order valence-corrected chi connectivity index (χ3v) is 25.7. The van der Waals surface area contributed by atoms with Gasteiger partial charge in [0.2, 0.25) is 0 Å². The maximum atomic E-state index is 2.61. The van der Waals surface area contributed by atoms with Crippen LogP contribution in [0.1, 0.15) is 29.0 Å². The van der Waals surface area contributed by atoms with Crippen LogP contribution in [0.5, 0.6) is 0 Å². The summed E-state index contributed by atoms with van der Waals surface area (Å²) in [5, 5.41) is 14.2. The highest BCUT2D eigenvalue weighted by molar-refractivity contribution is 7.23. The molecule has 3 aliphatic rings. The van der Waals surface area contributed by atoms with Gasteiger partial charge in [-0.05, 0) is 126 Å². The van der Waals surface area contributed by atoms with Crippen LogP contribution in [0.4, 0.5) is 0 Å². The molecule has 0 aromatic heterocycles. The zero-order valence-corrected chi connectivity index (χ0v) is 40.8. The number of rotatable bonds is 7. The Hall–Kier alpha value is -8.15. The molecule has 0 bridgehead atoms. The summed E-state index contributed by atoms with van der Waals surface area (Å²) in [7, 11) is -5.39. The average molecular weight is 921 g/mol. The van der Waals surface area contributed by atoms with Crippen molar-refractivity contribution in [2.75, 3.05) is 0 Å². The van der Waals surface area contributed by atoms with Gasteiger partial charge in [-0.1, -0.05) is 267 Å². The highest BCUT2D eigenvalue weighted by Crippen LogP contribution is 2.49. The fraction of sp³-hybridized carbons (Fsp3) is 0.0294. The van der Waals surface area contributed by atoms with Crippen molar-refractivity contribution >= 4 is 74.5 Å². The summed E-state index contributed by atoms with van der Waals surface area (Å²) in [6, 6.07) is 99.6. The summed E-state index contributed by atoms with van der Waals surface area (Å²) < 4.78 is 0. The van der Waals surface area contributed by atoms with Crippen molar-refractivity contribution in [3.63, 3.8) is 0 Å². The van der Waals surface area contributed by atoms with Crippen LogP contribution in [0.3, 0.4) is 0 Å². The molecule has 11 aromatic carbocycles. The van der Waals surface area contributed by atoms with Gasteiger partial charge in [0.05, 0.1) is 0 Å². The van der Waals surface area contributed by atoms with E-state index in [0.29, 0.717) is 0 Å². The van der Waals surface area contributed by atoms with Gasteiger partial charge >= 0.3 is 0 Å². The van der Waals surface area contributed by atoms with Gasteiger partial charge in [-0.3, -0.25) is 0 Å². The smallest absolute Gasteiger partial charge is 0.0830 e. The second-order valence-corrected chi connectivity index (χ2v) is 26.7. The van der Waals surface area contributed by atoms with Crippen molar-refractivity contribution in [2.24, 2.45) is 0 Å². The molecule has 2 heteroatoms. The van der Waals surface area contributed by atoms with Crippen molar-refractivity contribution in [3.05, 3.63) is 284 Å². The van der Waals surface area contributed by atoms with Crippen LogP contribution in [-0.4, -0.2) is 16.1 Å². The van der Waals surface area contributed by atoms with Crippen LogP contribution < -0.4 is 41.5 Å². The van der Waals surface area contributed by atoms with E-state index in [1.165, 1.54) is 113 Å². The minimum Gasteiger partial charge on any atom is -0.0830 e. The number of hydrogen-bond acceptors (Lipinski definition) is 0. The third-order valence-electron chi connectivity index (χ3n) is 16.0. The lowest BCUT2D eigenvalue weighted by Gasteiger charge is -2.32. The van der Waals surface area contributed by atoms with Gasteiger partial charge in [0.1, 0.15) is 0 Å². The lowest BCUT2D eigenvalue weighted by atomic mass is 9.75. The molecule has 2 aliphatic heterocycles. The molecule has 0 amide bonds.